The zero-order chi connectivity index (χ0) is 27.1. The summed E-state index contributed by atoms with van der Waals surface area (Å²) in [6, 6.07) is 0.304. The Hall–Kier alpha value is -3.69. The number of fused-ring (bicyclic) bond motifs is 1. The molecule has 0 aromatic carbocycles. The molecular formula is C24H34N12O3. The van der Waals surface area contributed by atoms with Gasteiger partial charge in [0.2, 0.25) is 11.8 Å². The smallest absolute Gasteiger partial charge is 0.226 e. The Morgan fingerprint density at radius 1 is 1.10 bits per heavy atom. The lowest BCUT2D eigenvalue weighted by Crippen LogP contribution is -2.29. The number of aromatic nitrogens is 10. The molecule has 5 heterocycles. The fourth-order valence-corrected chi connectivity index (χ4v) is 5.12. The molecule has 1 aliphatic heterocycles. The van der Waals surface area contributed by atoms with Crippen molar-refractivity contribution < 1.29 is 14.9 Å². The number of ether oxygens (including phenoxy) is 1. The minimum absolute atomic E-state index is 0.00538. The van der Waals surface area contributed by atoms with Gasteiger partial charge in [0.25, 0.3) is 0 Å². The van der Waals surface area contributed by atoms with E-state index >= 15 is 0 Å². The summed E-state index contributed by atoms with van der Waals surface area (Å²) in [5.41, 5.74) is 2.00. The summed E-state index contributed by atoms with van der Waals surface area (Å²) in [5.74, 6) is 1.25. The van der Waals surface area contributed by atoms with Crippen molar-refractivity contribution in [1.29, 1.82) is 0 Å². The van der Waals surface area contributed by atoms with Crippen molar-refractivity contribution in [2.45, 2.75) is 82.6 Å². The third-order valence-corrected chi connectivity index (χ3v) is 7.21. The second kappa shape index (κ2) is 10.5. The van der Waals surface area contributed by atoms with Crippen molar-refractivity contribution in [3.05, 3.63) is 30.4 Å². The molecular weight excluding hydrogens is 504 g/mol. The molecule has 2 aliphatic rings. The van der Waals surface area contributed by atoms with Crippen molar-refractivity contribution in [3.8, 4) is 0 Å². The number of rotatable bonds is 9. The maximum Gasteiger partial charge on any atom is 0.226 e. The molecule has 1 saturated carbocycles. The Balaban J connectivity index is 1.29. The number of nitrogens with one attached hydrogen (secondary N) is 2. The number of nitrogens with zero attached hydrogens (tertiary/aromatic N) is 10. The van der Waals surface area contributed by atoms with Crippen LogP contribution < -0.4 is 10.6 Å². The number of hydrogen-bond donors (Lipinski definition) is 4. The predicted octanol–water partition coefficient (Wildman–Crippen LogP) is 1.13. The van der Waals surface area contributed by atoms with Crippen molar-refractivity contribution in [1.82, 2.24) is 49.3 Å². The Morgan fingerprint density at radius 3 is 2.64 bits per heavy atom. The SMILES string of the molecule is CC(C)n1nnc([C@H]2O[C@@H](n3cnc4c(NC5CCCC5)nc(NCCc5cn(C)cn5)nc43)[C@H](O)[C@@H]2O)n1. The minimum Gasteiger partial charge on any atom is -0.387 e. The van der Waals surface area contributed by atoms with Crippen molar-refractivity contribution in [2.24, 2.45) is 7.05 Å². The zero-order valence-corrected chi connectivity index (χ0v) is 22.2. The first-order valence-electron chi connectivity index (χ1n) is 13.4. The average Bonchev–Trinajstić information content (AvgIpc) is 3.73. The molecule has 2 fully saturated rings. The quantitative estimate of drug-likeness (QED) is 0.239. The van der Waals surface area contributed by atoms with E-state index in [1.54, 1.807) is 17.2 Å². The molecule has 0 bridgehead atoms. The number of anilines is 2. The van der Waals surface area contributed by atoms with Gasteiger partial charge in [-0.2, -0.15) is 14.8 Å². The molecule has 0 unspecified atom stereocenters. The van der Waals surface area contributed by atoms with Crippen molar-refractivity contribution in [3.63, 3.8) is 0 Å². The average molecular weight is 539 g/mol. The van der Waals surface area contributed by atoms with Crippen LogP contribution >= 0.6 is 0 Å². The Kier molecular flexibility index (Phi) is 6.86. The highest BCUT2D eigenvalue weighted by atomic mass is 16.6. The maximum absolute atomic E-state index is 11.0. The van der Waals surface area contributed by atoms with Gasteiger partial charge in [-0.05, 0) is 31.9 Å². The Morgan fingerprint density at radius 2 is 1.92 bits per heavy atom. The van der Waals surface area contributed by atoms with Crippen molar-refractivity contribution in [2.75, 3.05) is 17.2 Å². The Labute approximate surface area is 224 Å². The molecule has 4 aromatic rings. The van der Waals surface area contributed by atoms with Crippen LogP contribution in [0, 0.1) is 0 Å². The highest BCUT2D eigenvalue weighted by molar-refractivity contribution is 5.84. The zero-order valence-electron chi connectivity index (χ0n) is 22.2. The van der Waals surface area contributed by atoms with Gasteiger partial charge in [0, 0.05) is 32.3 Å². The summed E-state index contributed by atoms with van der Waals surface area (Å²) < 4.78 is 9.64. The van der Waals surface area contributed by atoms with Gasteiger partial charge < -0.3 is 30.2 Å². The number of aryl methyl sites for hydroxylation is 1. The van der Waals surface area contributed by atoms with E-state index in [1.807, 2.05) is 31.7 Å². The van der Waals surface area contributed by atoms with Crippen LogP contribution in [0.1, 0.15) is 69.4 Å². The fourth-order valence-electron chi connectivity index (χ4n) is 5.12. The number of tetrazole rings is 1. The molecule has 39 heavy (non-hydrogen) atoms. The predicted molar refractivity (Wildman–Crippen MR) is 140 cm³/mol. The fraction of sp³-hybridized carbons (Fsp3) is 0.625. The molecule has 15 heteroatoms. The lowest BCUT2D eigenvalue weighted by molar-refractivity contribution is -0.0384. The van der Waals surface area contributed by atoms with E-state index < -0.39 is 24.5 Å². The van der Waals surface area contributed by atoms with E-state index in [0.717, 1.165) is 18.5 Å². The van der Waals surface area contributed by atoms with Crippen LogP contribution in [-0.2, 0) is 18.2 Å². The third kappa shape index (κ3) is 5.04. The van der Waals surface area contributed by atoms with Crippen LogP contribution in [0.2, 0.25) is 0 Å². The van der Waals surface area contributed by atoms with Gasteiger partial charge >= 0.3 is 0 Å². The highest BCUT2D eigenvalue weighted by Gasteiger charge is 2.47. The van der Waals surface area contributed by atoms with E-state index in [2.05, 4.69) is 36.0 Å². The molecule has 4 atom stereocenters. The van der Waals surface area contributed by atoms with Crippen LogP contribution in [-0.4, -0.2) is 84.3 Å². The van der Waals surface area contributed by atoms with Gasteiger partial charge in [-0.25, -0.2) is 9.97 Å². The summed E-state index contributed by atoms with van der Waals surface area (Å²) >= 11 is 0. The second-order valence-corrected chi connectivity index (χ2v) is 10.5. The second-order valence-electron chi connectivity index (χ2n) is 10.5. The van der Waals surface area contributed by atoms with E-state index in [-0.39, 0.29) is 11.9 Å². The summed E-state index contributed by atoms with van der Waals surface area (Å²) in [6.07, 6.45) is 6.04. The number of aliphatic hydroxyl groups is 2. The summed E-state index contributed by atoms with van der Waals surface area (Å²) in [5, 5.41) is 41.0. The summed E-state index contributed by atoms with van der Waals surface area (Å²) in [4.78, 5) is 19.9. The van der Waals surface area contributed by atoms with E-state index in [9.17, 15) is 10.2 Å². The third-order valence-electron chi connectivity index (χ3n) is 7.21. The van der Waals surface area contributed by atoms with Gasteiger partial charge in [-0.15, -0.1) is 10.2 Å². The molecule has 0 radical (unpaired) electrons. The van der Waals surface area contributed by atoms with E-state index in [4.69, 9.17) is 14.7 Å². The molecule has 0 spiro atoms. The van der Waals surface area contributed by atoms with Crippen LogP contribution in [0.5, 0.6) is 0 Å². The largest absolute Gasteiger partial charge is 0.387 e. The molecule has 15 nitrogen and oxygen atoms in total. The van der Waals surface area contributed by atoms with Crippen LogP contribution in [0.3, 0.4) is 0 Å². The van der Waals surface area contributed by atoms with Gasteiger partial charge in [0.1, 0.15) is 12.2 Å². The minimum atomic E-state index is -1.26. The summed E-state index contributed by atoms with van der Waals surface area (Å²) in [7, 11) is 1.94. The van der Waals surface area contributed by atoms with Crippen LogP contribution in [0.4, 0.5) is 11.8 Å². The van der Waals surface area contributed by atoms with Crippen LogP contribution in [0.25, 0.3) is 11.2 Å². The number of aliphatic hydroxyl groups excluding tert-OH is 2. The first kappa shape index (κ1) is 25.6. The molecule has 208 valence electrons. The number of imidazole rings is 2. The lowest BCUT2D eigenvalue weighted by atomic mass is 10.1. The van der Waals surface area contributed by atoms with Gasteiger partial charge in [0.15, 0.2) is 29.3 Å². The maximum atomic E-state index is 11.0. The standard InChI is InChI=1S/C24H34N12O3/c1-13(2)36-32-21(31-33-36)19-17(37)18(38)23(39-19)35-12-27-16-20(28-14-6-4-5-7-14)29-24(30-22(16)35)25-9-8-15-10-34(3)11-26-15/h10-14,17-19,23,37-38H,4-9H2,1-3H3,(H2,25,28,29,30)/t17-,18+,19-,23+/m0/s1. The van der Waals surface area contributed by atoms with E-state index in [1.165, 1.54) is 17.6 Å². The lowest BCUT2D eigenvalue weighted by Gasteiger charge is -2.18. The monoisotopic (exact) mass is 538 g/mol. The van der Waals surface area contributed by atoms with Gasteiger partial charge in [-0.3, -0.25) is 4.57 Å². The molecule has 1 saturated heterocycles. The van der Waals surface area contributed by atoms with E-state index in [0.29, 0.717) is 41.9 Å². The molecule has 6 rings (SSSR count). The molecule has 4 aromatic heterocycles. The first-order chi connectivity index (χ1) is 18.9. The summed E-state index contributed by atoms with van der Waals surface area (Å²) in [6.45, 7) is 4.43. The highest BCUT2D eigenvalue weighted by Crippen LogP contribution is 2.39. The number of hydrogen-bond acceptors (Lipinski definition) is 12. The van der Waals surface area contributed by atoms with Crippen LogP contribution in [0.15, 0.2) is 18.9 Å². The molecule has 4 N–H and O–H groups in total. The van der Waals surface area contributed by atoms with Gasteiger partial charge in [-0.1, -0.05) is 12.8 Å². The topological polar surface area (TPSA) is 179 Å². The molecule has 1 aliphatic carbocycles. The first-order valence-corrected chi connectivity index (χ1v) is 13.4. The normalized spacial score (nSPS) is 23.8. The Bertz CT molecular complexity index is 1420. The van der Waals surface area contributed by atoms with Gasteiger partial charge in [0.05, 0.1) is 24.4 Å². The van der Waals surface area contributed by atoms with Crippen molar-refractivity contribution >= 4 is 22.9 Å². The molecule has 0 amide bonds.